The minimum Gasteiger partial charge on any atom is -0.471 e. The van der Waals surface area contributed by atoms with Crippen molar-refractivity contribution in [1.82, 2.24) is 9.69 Å². The summed E-state index contributed by atoms with van der Waals surface area (Å²) in [5, 5.41) is 14.0. The second-order valence-electron chi connectivity index (χ2n) is 5.92. The third kappa shape index (κ3) is 5.36. The number of aliphatic hydroxyl groups is 1. The standard InChI is InChI=1S/C17H20F2N4O4S/c1-3-9-4-12(19)10(5-11(9)18)7-27-15-13(14(20)25)16(28-23-15)22-17(26)21-6-8(2)24/h4-5,8,24H,3,6-7H2,1-2H3,(H2,20,25)(H2,21,22,26). The molecule has 0 fully saturated rings. The quantitative estimate of drug-likeness (QED) is 0.527. The van der Waals surface area contributed by atoms with Gasteiger partial charge in [-0.25, -0.2) is 13.6 Å². The van der Waals surface area contributed by atoms with Crippen molar-refractivity contribution in [2.45, 2.75) is 33.0 Å². The van der Waals surface area contributed by atoms with E-state index in [0.717, 1.165) is 23.7 Å². The number of primary amides is 1. The highest BCUT2D eigenvalue weighted by molar-refractivity contribution is 7.11. The van der Waals surface area contributed by atoms with E-state index < -0.39 is 29.7 Å². The maximum Gasteiger partial charge on any atom is 0.320 e. The number of aromatic nitrogens is 1. The largest absolute Gasteiger partial charge is 0.471 e. The van der Waals surface area contributed by atoms with E-state index in [1.165, 1.54) is 6.92 Å². The van der Waals surface area contributed by atoms with Crippen molar-refractivity contribution >= 4 is 28.5 Å². The van der Waals surface area contributed by atoms with Crippen molar-refractivity contribution < 1.29 is 28.2 Å². The van der Waals surface area contributed by atoms with Crippen LogP contribution in [0.25, 0.3) is 0 Å². The average Bonchev–Trinajstić information content (AvgIpc) is 3.02. The number of carbonyl (C=O) groups is 2. The molecule has 0 aliphatic rings. The summed E-state index contributed by atoms with van der Waals surface area (Å²) in [6.45, 7) is 2.81. The van der Waals surface area contributed by atoms with Gasteiger partial charge in [0.15, 0.2) is 0 Å². The first-order valence-electron chi connectivity index (χ1n) is 8.34. The van der Waals surface area contributed by atoms with Crippen LogP contribution in [0.15, 0.2) is 12.1 Å². The van der Waals surface area contributed by atoms with Crippen LogP contribution in [0.1, 0.15) is 35.3 Å². The van der Waals surface area contributed by atoms with Gasteiger partial charge in [0.25, 0.3) is 5.91 Å². The smallest absolute Gasteiger partial charge is 0.320 e. The van der Waals surface area contributed by atoms with Gasteiger partial charge in [0.05, 0.1) is 6.10 Å². The summed E-state index contributed by atoms with van der Waals surface area (Å²) in [5.41, 5.74) is 5.31. The molecule has 1 atom stereocenters. The number of aryl methyl sites for hydroxylation is 1. The first-order valence-corrected chi connectivity index (χ1v) is 9.12. The van der Waals surface area contributed by atoms with Gasteiger partial charge in [0.2, 0.25) is 5.88 Å². The van der Waals surface area contributed by atoms with E-state index in [-0.39, 0.29) is 40.7 Å². The minimum atomic E-state index is -0.914. The average molecular weight is 414 g/mol. The van der Waals surface area contributed by atoms with E-state index in [0.29, 0.717) is 6.42 Å². The molecule has 2 rings (SSSR count). The van der Waals surface area contributed by atoms with Gasteiger partial charge >= 0.3 is 6.03 Å². The van der Waals surface area contributed by atoms with Gasteiger partial charge < -0.3 is 20.9 Å². The third-order valence-corrected chi connectivity index (χ3v) is 4.40. The Morgan fingerprint density at radius 1 is 1.32 bits per heavy atom. The maximum absolute atomic E-state index is 14.1. The zero-order valence-electron chi connectivity index (χ0n) is 15.2. The SMILES string of the molecule is CCc1cc(F)c(COc2nsc(NC(=O)NCC(C)O)c2C(N)=O)cc1F. The van der Waals surface area contributed by atoms with Crippen LogP contribution >= 0.6 is 11.5 Å². The Morgan fingerprint density at radius 3 is 2.57 bits per heavy atom. The van der Waals surface area contributed by atoms with Crippen molar-refractivity contribution in [3.05, 3.63) is 40.5 Å². The third-order valence-electron chi connectivity index (χ3n) is 3.65. The fourth-order valence-electron chi connectivity index (χ4n) is 2.22. The van der Waals surface area contributed by atoms with Gasteiger partial charge in [-0.3, -0.25) is 10.1 Å². The zero-order valence-corrected chi connectivity index (χ0v) is 16.0. The van der Waals surface area contributed by atoms with Crippen LogP contribution < -0.4 is 21.1 Å². The molecule has 0 bridgehead atoms. The Balaban J connectivity index is 2.14. The van der Waals surface area contributed by atoms with Crippen LogP contribution in [0.2, 0.25) is 0 Å². The van der Waals surface area contributed by atoms with Gasteiger partial charge in [-0.1, -0.05) is 6.92 Å². The van der Waals surface area contributed by atoms with E-state index in [4.69, 9.17) is 15.6 Å². The molecule has 152 valence electrons. The van der Waals surface area contributed by atoms with Crippen molar-refractivity contribution in [1.29, 1.82) is 0 Å². The van der Waals surface area contributed by atoms with Gasteiger partial charge in [0, 0.05) is 12.1 Å². The number of hydrogen-bond donors (Lipinski definition) is 4. The molecule has 1 heterocycles. The number of amides is 3. The highest BCUT2D eigenvalue weighted by atomic mass is 32.1. The van der Waals surface area contributed by atoms with Crippen LogP contribution in [-0.4, -0.2) is 34.1 Å². The molecule has 0 aliphatic heterocycles. The minimum absolute atomic E-state index is 0.00149. The van der Waals surface area contributed by atoms with E-state index >= 15 is 0 Å². The molecule has 1 aromatic carbocycles. The lowest BCUT2D eigenvalue weighted by atomic mass is 10.1. The van der Waals surface area contributed by atoms with Crippen molar-refractivity contribution in [3.63, 3.8) is 0 Å². The molecule has 5 N–H and O–H groups in total. The fourth-order valence-corrected chi connectivity index (χ4v) is 2.96. The first kappa shape index (κ1) is 21.5. The number of ether oxygens (including phenoxy) is 1. The summed E-state index contributed by atoms with van der Waals surface area (Å²) >= 11 is 0.738. The Kier molecular flexibility index (Phi) is 7.24. The molecule has 1 aromatic heterocycles. The molecule has 0 radical (unpaired) electrons. The van der Waals surface area contributed by atoms with E-state index in [1.54, 1.807) is 6.92 Å². The Morgan fingerprint density at radius 2 is 1.96 bits per heavy atom. The number of aliphatic hydroxyl groups excluding tert-OH is 1. The zero-order chi connectivity index (χ0) is 20.8. The lowest BCUT2D eigenvalue weighted by Crippen LogP contribution is -2.34. The molecule has 3 amide bonds. The van der Waals surface area contributed by atoms with E-state index in [9.17, 15) is 18.4 Å². The number of halogens is 2. The lowest BCUT2D eigenvalue weighted by Gasteiger charge is -2.10. The molecule has 8 nitrogen and oxygen atoms in total. The molecule has 0 saturated carbocycles. The lowest BCUT2D eigenvalue weighted by molar-refractivity contribution is 0.0996. The Labute approximate surface area is 163 Å². The summed E-state index contributed by atoms with van der Waals surface area (Å²) in [6, 6.07) is 1.43. The normalized spacial score (nSPS) is 11.8. The summed E-state index contributed by atoms with van der Waals surface area (Å²) in [4.78, 5) is 23.5. The fraction of sp³-hybridized carbons (Fsp3) is 0.353. The predicted octanol–water partition coefficient (Wildman–Crippen LogP) is 2.16. The van der Waals surface area contributed by atoms with Gasteiger partial charge in [-0.05, 0) is 42.6 Å². The topological polar surface area (TPSA) is 127 Å². The van der Waals surface area contributed by atoms with Gasteiger partial charge in [-0.2, -0.15) is 4.37 Å². The molecule has 11 heteroatoms. The molecule has 1 unspecified atom stereocenters. The van der Waals surface area contributed by atoms with Gasteiger partial charge in [0.1, 0.15) is 28.8 Å². The van der Waals surface area contributed by atoms with Crippen LogP contribution in [-0.2, 0) is 13.0 Å². The number of nitrogens with two attached hydrogens (primary N) is 1. The molecule has 0 saturated heterocycles. The van der Waals surface area contributed by atoms with Crippen LogP contribution in [0.5, 0.6) is 5.88 Å². The second-order valence-corrected chi connectivity index (χ2v) is 6.69. The highest BCUT2D eigenvalue weighted by Crippen LogP contribution is 2.31. The molecule has 0 spiro atoms. The Hall–Kier alpha value is -2.79. The summed E-state index contributed by atoms with van der Waals surface area (Å²) < 4.78 is 37.2. The monoisotopic (exact) mass is 414 g/mol. The number of benzene rings is 1. The van der Waals surface area contributed by atoms with Crippen LogP contribution in [0.4, 0.5) is 18.6 Å². The van der Waals surface area contributed by atoms with E-state index in [1.807, 2.05) is 0 Å². The van der Waals surface area contributed by atoms with Crippen molar-refractivity contribution in [3.8, 4) is 5.88 Å². The molecule has 2 aromatic rings. The van der Waals surface area contributed by atoms with Crippen molar-refractivity contribution in [2.24, 2.45) is 5.73 Å². The number of anilines is 1. The molecule has 28 heavy (non-hydrogen) atoms. The molecular weight excluding hydrogens is 394 g/mol. The van der Waals surface area contributed by atoms with E-state index in [2.05, 4.69) is 15.0 Å². The summed E-state index contributed by atoms with van der Waals surface area (Å²) in [6.07, 6.45) is -0.412. The number of nitrogens with one attached hydrogen (secondary N) is 2. The molecule has 0 aliphatic carbocycles. The molecular formula is C17H20F2N4O4S. The number of urea groups is 1. The Bertz CT molecular complexity index is 873. The van der Waals surface area contributed by atoms with Gasteiger partial charge in [-0.15, -0.1) is 0 Å². The highest BCUT2D eigenvalue weighted by Gasteiger charge is 2.22. The van der Waals surface area contributed by atoms with Crippen LogP contribution in [0.3, 0.4) is 0 Å². The van der Waals surface area contributed by atoms with Crippen molar-refractivity contribution in [2.75, 3.05) is 11.9 Å². The summed E-state index contributed by atoms with van der Waals surface area (Å²) in [7, 11) is 0. The summed E-state index contributed by atoms with van der Waals surface area (Å²) in [5.74, 6) is -2.33. The number of hydrogen-bond acceptors (Lipinski definition) is 6. The predicted molar refractivity (Wildman–Crippen MR) is 99.4 cm³/mol. The number of rotatable bonds is 8. The first-order chi connectivity index (χ1) is 13.2. The number of carbonyl (C=O) groups excluding carboxylic acids is 2. The number of nitrogens with zero attached hydrogens (tertiary/aromatic N) is 1. The second kappa shape index (κ2) is 9.42. The maximum atomic E-state index is 14.1. The van der Waals surface area contributed by atoms with Crippen LogP contribution in [0, 0.1) is 11.6 Å².